The van der Waals surface area contributed by atoms with Gasteiger partial charge in [-0.05, 0) is 31.0 Å². The first-order valence-corrected chi connectivity index (χ1v) is 6.62. The van der Waals surface area contributed by atoms with Crippen molar-refractivity contribution in [2.75, 3.05) is 17.6 Å². The number of anilines is 2. The molecule has 0 aromatic heterocycles. The monoisotopic (exact) mass is 247 g/mol. The lowest BCUT2D eigenvalue weighted by molar-refractivity contribution is 0.258. The van der Waals surface area contributed by atoms with Crippen LogP contribution < -0.4 is 15.8 Å². The van der Waals surface area contributed by atoms with Crippen molar-refractivity contribution in [1.29, 1.82) is 0 Å². The van der Waals surface area contributed by atoms with Gasteiger partial charge in [-0.1, -0.05) is 20.3 Å². The Bertz CT molecular complexity index is 443. The molecule has 0 aliphatic carbocycles. The van der Waals surface area contributed by atoms with Gasteiger partial charge in [-0.3, -0.25) is 4.99 Å². The van der Waals surface area contributed by atoms with Gasteiger partial charge in [-0.25, -0.2) is 0 Å². The first-order valence-electron chi connectivity index (χ1n) is 6.62. The molecule has 0 bridgehead atoms. The molecule has 2 rings (SSSR count). The lowest BCUT2D eigenvalue weighted by Gasteiger charge is -2.28. The quantitative estimate of drug-likeness (QED) is 0.635. The minimum atomic E-state index is 0.0259. The molecule has 0 saturated heterocycles. The summed E-state index contributed by atoms with van der Waals surface area (Å²) in [5.74, 6) is 1.77. The molecule has 1 aliphatic rings. The molecule has 0 saturated carbocycles. The number of ether oxygens (including phenoxy) is 1. The van der Waals surface area contributed by atoms with Gasteiger partial charge in [0.25, 0.3) is 0 Å². The van der Waals surface area contributed by atoms with Gasteiger partial charge in [-0.2, -0.15) is 0 Å². The first kappa shape index (κ1) is 12.7. The van der Waals surface area contributed by atoms with Crippen molar-refractivity contribution in [2.45, 2.75) is 39.2 Å². The maximum absolute atomic E-state index is 5.93. The average Bonchev–Trinajstić information content (AvgIpc) is 2.38. The zero-order valence-electron chi connectivity index (χ0n) is 11.1. The molecule has 0 amide bonds. The zero-order valence-corrected chi connectivity index (χ0v) is 11.1. The summed E-state index contributed by atoms with van der Waals surface area (Å²) in [5.41, 5.74) is 7.42. The number of aliphatic imine (C=N–C) groups is 1. The summed E-state index contributed by atoms with van der Waals surface area (Å²) in [6.07, 6.45) is 3.18. The Hall–Kier alpha value is -1.71. The van der Waals surface area contributed by atoms with Crippen LogP contribution in [-0.2, 0) is 0 Å². The molecule has 1 aromatic carbocycles. The molecular formula is C14H21N3O. The second-order valence-electron chi connectivity index (χ2n) is 4.52. The molecule has 4 heteroatoms. The summed E-state index contributed by atoms with van der Waals surface area (Å²) in [5, 5.41) is 3.34. The summed E-state index contributed by atoms with van der Waals surface area (Å²) >= 11 is 0. The van der Waals surface area contributed by atoms with Crippen LogP contribution in [0.3, 0.4) is 0 Å². The largest absolute Gasteiger partial charge is 0.480 e. The topological polar surface area (TPSA) is 59.6 Å². The lowest BCUT2D eigenvalue weighted by atomic mass is 10.1. The molecule has 1 unspecified atom stereocenters. The van der Waals surface area contributed by atoms with Gasteiger partial charge in [0.15, 0.2) is 6.10 Å². The predicted molar refractivity (Wildman–Crippen MR) is 76.4 cm³/mol. The van der Waals surface area contributed by atoms with Crippen LogP contribution in [0.15, 0.2) is 23.2 Å². The highest BCUT2D eigenvalue weighted by Crippen LogP contribution is 2.32. The van der Waals surface area contributed by atoms with E-state index < -0.39 is 0 Å². The number of nitrogens with one attached hydrogen (secondary N) is 1. The Morgan fingerprint density at radius 2 is 2.22 bits per heavy atom. The SMILES string of the molecule is CCCCN=C1Nc2cc(N)ccc2OC1CC. The average molecular weight is 247 g/mol. The highest BCUT2D eigenvalue weighted by molar-refractivity contribution is 6.02. The number of nitrogens with two attached hydrogens (primary N) is 1. The predicted octanol–water partition coefficient (Wildman–Crippen LogP) is 3.05. The fourth-order valence-electron chi connectivity index (χ4n) is 1.95. The van der Waals surface area contributed by atoms with Crippen LogP contribution in [-0.4, -0.2) is 18.5 Å². The number of hydrogen-bond donors (Lipinski definition) is 2. The number of fused-ring (bicyclic) bond motifs is 1. The van der Waals surface area contributed by atoms with E-state index in [-0.39, 0.29) is 6.10 Å². The molecule has 0 spiro atoms. The van der Waals surface area contributed by atoms with Crippen LogP contribution in [0.25, 0.3) is 0 Å². The molecule has 1 aliphatic heterocycles. The van der Waals surface area contributed by atoms with Gasteiger partial charge in [0.05, 0.1) is 5.69 Å². The standard InChI is InChI=1S/C14H21N3O/c1-3-5-8-16-14-12(4-2)18-13-7-6-10(15)9-11(13)17-14/h6-7,9,12H,3-5,8,15H2,1-2H3,(H,16,17). The Labute approximate surface area is 108 Å². The maximum Gasteiger partial charge on any atom is 0.155 e. The number of nitrogens with zero attached hydrogens (tertiary/aromatic N) is 1. The highest BCUT2D eigenvalue weighted by atomic mass is 16.5. The van der Waals surface area contributed by atoms with Crippen molar-refractivity contribution in [3.8, 4) is 5.75 Å². The van der Waals surface area contributed by atoms with E-state index in [0.717, 1.165) is 48.8 Å². The number of rotatable bonds is 4. The smallest absolute Gasteiger partial charge is 0.155 e. The summed E-state index contributed by atoms with van der Waals surface area (Å²) < 4.78 is 5.93. The van der Waals surface area contributed by atoms with Crippen LogP contribution >= 0.6 is 0 Å². The fourth-order valence-corrected chi connectivity index (χ4v) is 1.95. The summed E-state index contributed by atoms with van der Waals surface area (Å²) in [6.45, 7) is 5.11. The van der Waals surface area contributed by atoms with Crippen LogP contribution in [0.1, 0.15) is 33.1 Å². The first-order chi connectivity index (χ1) is 8.74. The number of unbranched alkanes of at least 4 members (excludes halogenated alkanes) is 1. The van der Waals surface area contributed by atoms with Gasteiger partial charge in [-0.15, -0.1) is 0 Å². The van der Waals surface area contributed by atoms with E-state index in [1.54, 1.807) is 0 Å². The molecule has 0 fully saturated rings. The molecule has 3 N–H and O–H groups in total. The van der Waals surface area contributed by atoms with Crippen LogP contribution in [0.4, 0.5) is 11.4 Å². The summed E-state index contributed by atoms with van der Waals surface area (Å²) in [4.78, 5) is 4.59. The highest BCUT2D eigenvalue weighted by Gasteiger charge is 2.23. The molecule has 0 radical (unpaired) electrons. The van der Waals surface area contributed by atoms with E-state index >= 15 is 0 Å². The van der Waals surface area contributed by atoms with Gasteiger partial charge >= 0.3 is 0 Å². The Balaban J connectivity index is 2.20. The molecule has 4 nitrogen and oxygen atoms in total. The van der Waals surface area contributed by atoms with Crippen molar-refractivity contribution in [3.05, 3.63) is 18.2 Å². The van der Waals surface area contributed by atoms with Crippen molar-refractivity contribution >= 4 is 17.2 Å². The van der Waals surface area contributed by atoms with E-state index in [9.17, 15) is 0 Å². The Kier molecular flexibility index (Phi) is 4.07. The van der Waals surface area contributed by atoms with Crippen molar-refractivity contribution in [1.82, 2.24) is 0 Å². The van der Waals surface area contributed by atoms with E-state index in [1.807, 2.05) is 18.2 Å². The Morgan fingerprint density at radius 3 is 2.94 bits per heavy atom. The Morgan fingerprint density at radius 1 is 1.39 bits per heavy atom. The van der Waals surface area contributed by atoms with E-state index in [1.165, 1.54) is 0 Å². The van der Waals surface area contributed by atoms with Gasteiger partial charge in [0.1, 0.15) is 11.6 Å². The van der Waals surface area contributed by atoms with Crippen molar-refractivity contribution in [2.24, 2.45) is 4.99 Å². The van der Waals surface area contributed by atoms with E-state index in [0.29, 0.717) is 0 Å². The van der Waals surface area contributed by atoms with Gasteiger partial charge in [0, 0.05) is 12.2 Å². The number of nitrogen functional groups attached to an aromatic ring is 1. The second kappa shape index (κ2) is 5.76. The van der Waals surface area contributed by atoms with Gasteiger partial charge in [0.2, 0.25) is 0 Å². The summed E-state index contributed by atoms with van der Waals surface area (Å²) in [6, 6.07) is 5.64. The third-order valence-electron chi connectivity index (χ3n) is 3.01. The second-order valence-corrected chi connectivity index (χ2v) is 4.52. The van der Waals surface area contributed by atoms with Crippen LogP contribution in [0.5, 0.6) is 5.75 Å². The fraction of sp³-hybridized carbons (Fsp3) is 0.500. The van der Waals surface area contributed by atoms with Crippen LogP contribution in [0.2, 0.25) is 0 Å². The van der Waals surface area contributed by atoms with Crippen molar-refractivity contribution in [3.63, 3.8) is 0 Å². The molecule has 1 atom stereocenters. The summed E-state index contributed by atoms with van der Waals surface area (Å²) in [7, 11) is 0. The maximum atomic E-state index is 5.93. The van der Waals surface area contributed by atoms with Crippen LogP contribution in [0, 0.1) is 0 Å². The minimum absolute atomic E-state index is 0.0259. The number of benzene rings is 1. The number of amidine groups is 1. The van der Waals surface area contributed by atoms with Gasteiger partial charge < -0.3 is 15.8 Å². The molecule has 1 heterocycles. The third-order valence-corrected chi connectivity index (χ3v) is 3.01. The number of hydrogen-bond acceptors (Lipinski definition) is 3. The van der Waals surface area contributed by atoms with E-state index in [4.69, 9.17) is 10.5 Å². The molecule has 1 aromatic rings. The van der Waals surface area contributed by atoms with E-state index in [2.05, 4.69) is 24.2 Å². The minimum Gasteiger partial charge on any atom is -0.480 e. The molecule has 18 heavy (non-hydrogen) atoms. The normalized spacial score (nSPS) is 20.1. The zero-order chi connectivity index (χ0) is 13.0. The third kappa shape index (κ3) is 2.75. The molecular weight excluding hydrogens is 226 g/mol. The molecule has 98 valence electrons. The lowest BCUT2D eigenvalue weighted by Crippen LogP contribution is -2.37. The van der Waals surface area contributed by atoms with Crippen molar-refractivity contribution < 1.29 is 4.74 Å².